The van der Waals surface area contributed by atoms with E-state index in [1.54, 1.807) is 0 Å². The Balaban J connectivity index is 2.74. The summed E-state index contributed by atoms with van der Waals surface area (Å²) in [4.78, 5) is 15.3. The van der Waals surface area contributed by atoms with Crippen LogP contribution in [0.1, 0.15) is 35.7 Å². The summed E-state index contributed by atoms with van der Waals surface area (Å²) >= 11 is 0. The lowest BCUT2D eigenvalue weighted by Crippen LogP contribution is -2.14. The van der Waals surface area contributed by atoms with Gasteiger partial charge in [-0.1, -0.05) is 0 Å². The maximum Gasteiger partial charge on any atom is 0.417 e. The van der Waals surface area contributed by atoms with E-state index in [0.29, 0.717) is 19.6 Å². The van der Waals surface area contributed by atoms with Crippen molar-refractivity contribution in [1.29, 1.82) is 0 Å². The fourth-order valence-corrected chi connectivity index (χ4v) is 1.48. The van der Waals surface area contributed by atoms with E-state index in [9.17, 15) is 18.0 Å². The molecule has 0 N–H and O–H groups in total. The average molecular weight is 261 g/mol. The summed E-state index contributed by atoms with van der Waals surface area (Å²) in [5.41, 5.74) is -1.31. The summed E-state index contributed by atoms with van der Waals surface area (Å²) < 4.78 is 43.0. The number of carbonyl (C=O) groups excluding carboxylic acids is 1. The van der Waals surface area contributed by atoms with Gasteiger partial charge in [-0.2, -0.15) is 13.2 Å². The van der Waals surface area contributed by atoms with Crippen LogP contribution in [0.4, 0.5) is 13.2 Å². The second-order valence-electron chi connectivity index (χ2n) is 3.64. The number of rotatable bonds is 6. The lowest BCUT2D eigenvalue weighted by atomic mass is 10.0. The molecular formula is C12H14F3NO2. The molecule has 18 heavy (non-hydrogen) atoms. The van der Waals surface area contributed by atoms with Crippen LogP contribution in [0, 0.1) is 0 Å². The van der Waals surface area contributed by atoms with E-state index < -0.39 is 17.5 Å². The van der Waals surface area contributed by atoms with E-state index in [-0.39, 0.29) is 12.0 Å². The molecule has 0 spiro atoms. The Hall–Kier alpha value is -1.43. The summed E-state index contributed by atoms with van der Waals surface area (Å²) in [7, 11) is 0. The molecule has 1 rings (SSSR count). The van der Waals surface area contributed by atoms with Gasteiger partial charge in [0, 0.05) is 37.6 Å². The number of halogens is 3. The molecule has 0 fully saturated rings. The molecule has 0 unspecified atom stereocenters. The van der Waals surface area contributed by atoms with Crippen LogP contribution in [0.3, 0.4) is 0 Å². The van der Waals surface area contributed by atoms with Gasteiger partial charge in [-0.15, -0.1) is 0 Å². The van der Waals surface area contributed by atoms with Crippen LogP contribution in [0.15, 0.2) is 18.5 Å². The highest BCUT2D eigenvalue weighted by Crippen LogP contribution is 2.31. The van der Waals surface area contributed by atoms with Crippen LogP contribution in [0.25, 0.3) is 0 Å². The molecule has 0 bridgehead atoms. The van der Waals surface area contributed by atoms with E-state index in [2.05, 4.69) is 4.98 Å². The highest BCUT2D eigenvalue weighted by atomic mass is 19.4. The van der Waals surface area contributed by atoms with Crippen LogP contribution >= 0.6 is 0 Å². The largest absolute Gasteiger partial charge is 0.417 e. The molecule has 0 saturated heterocycles. The molecule has 1 heterocycles. The molecule has 0 amide bonds. The fourth-order valence-electron chi connectivity index (χ4n) is 1.48. The minimum Gasteiger partial charge on any atom is -0.382 e. The van der Waals surface area contributed by atoms with Gasteiger partial charge < -0.3 is 4.74 Å². The first-order valence-electron chi connectivity index (χ1n) is 5.59. The molecule has 6 heteroatoms. The number of ether oxygens (including phenoxy) is 1. The van der Waals surface area contributed by atoms with Crippen LogP contribution in [-0.2, 0) is 10.9 Å². The number of aromatic nitrogens is 1. The SMILES string of the molecule is CCOCCCC(=O)c1cnccc1C(F)(F)F. The second kappa shape index (κ2) is 6.49. The summed E-state index contributed by atoms with van der Waals surface area (Å²) in [6.07, 6.45) is -2.12. The molecule has 1 aromatic heterocycles. The molecule has 0 aliphatic heterocycles. The molecule has 0 radical (unpaired) electrons. The molecule has 3 nitrogen and oxygen atoms in total. The fraction of sp³-hybridized carbons (Fsp3) is 0.500. The van der Waals surface area contributed by atoms with Crippen molar-refractivity contribution in [1.82, 2.24) is 4.98 Å². The van der Waals surface area contributed by atoms with Crippen LogP contribution < -0.4 is 0 Å². The van der Waals surface area contributed by atoms with Crippen molar-refractivity contribution in [2.75, 3.05) is 13.2 Å². The molecule has 0 aliphatic carbocycles. The smallest absolute Gasteiger partial charge is 0.382 e. The molecule has 0 aliphatic rings. The van der Waals surface area contributed by atoms with E-state index in [0.717, 1.165) is 18.5 Å². The van der Waals surface area contributed by atoms with Gasteiger partial charge in [-0.05, 0) is 19.4 Å². The van der Waals surface area contributed by atoms with Crippen molar-refractivity contribution in [3.63, 3.8) is 0 Å². The molecule has 100 valence electrons. The van der Waals surface area contributed by atoms with Crippen LogP contribution in [0.2, 0.25) is 0 Å². The van der Waals surface area contributed by atoms with Gasteiger partial charge in [0.25, 0.3) is 0 Å². The van der Waals surface area contributed by atoms with E-state index in [1.807, 2.05) is 6.92 Å². The predicted molar refractivity (Wildman–Crippen MR) is 59.3 cm³/mol. The third kappa shape index (κ3) is 4.10. The highest BCUT2D eigenvalue weighted by molar-refractivity contribution is 5.97. The van der Waals surface area contributed by atoms with Gasteiger partial charge in [0.1, 0.15) is 0 Å². The van der Waals surface area contributed by atoms with Crippen molar-refractivity contribution in [2.45, 2.75) is 25.9 Å². The summed E-state index contributed by atoms with van der Waals surface area (Å²) in [6, 6.07) is 0.815. The molecular weight excluding hydrogens is 247 g/mol. The molecule has 0 aromatic carbocycles. The number of hydrogen-bond acceptors (Lipinski definition) is 3. The second-order valence-corrected chi connectivity index (χ2v) is 3.64. The number of hydrogen-bond donors (Lipinski definition) is 0. The summed E-state index contributed by atoms with van der Waals surface area (Å²) in [6.45, 7) is 2.70. The number of carbonyl (C=O) groups is 1. The van der Waals surface area contributed by atoms with E-state index in [4.69, 9.17) is 4.74 Å². The number of Topliss-reactive ketones (excluding diaryl/α,β-unsaturated/α-hetero) is 1. The predicted octanol–water partition coefficient (Wildman–Crippen LogP) is 3.10. The number of nitrogens with zero attached hydrogens (tertiary/aromatic N) is 1. The van der Waals surface area contributed by atoms with Gasteiger partial charge in [0.2, 0.25) is 0 Å². The quantitative estimate of drug-likeness (QED) is 0.583. The molecule has 1 aromatic rings. The first kappa shape index (κ1) is 14.6. The summed E-state index contributed by atoms with van der Waals surface area (Å²) in [5.74, 6) is -0.560. The van der Waals surface area contributed by atoms with Gasteiger partial charge >= 0.3 is 6.18 Å². The van der Waals surface area contributed by atoms with Crippen molar-refractivity contribution >= 4 is 5.78 Å². The topological polar surface area (TPSA) is 39.2 Å². The Morgan fingerprint density at radius 2 is 2.17 bits per heavy atom. The Kier molecular flexibility index (Phi) is 5.27. The maximum atomic E-state index is 12.6. The average Bonchev–Trinajstić information content (AvgIpc) is 2.33. The Labute approximate surface area is 103 Å². The minimum atomic E-state index is -4.53. The van der Waals surface area contributed by atoms with E-state index >= 15 is 0 Å². The first-order valence-corrected chi connectivity index (χ1v) is 5.59. The first-order chi connectivity index (χ1) is 8.46. The van der Waals surface area contributed by atoms with Gasteiger partial charge in [0.15, 0.2) is 5.78 Å². The highest BCUT2D eigenvalue weighted by Gasteiger charge is 2.34. The normalized spacial score (nSPS) is 11.6. The van der Waals surface area contributed by atoms with E-state index in [1.165, 1.54) is 0 Å². The Bertz CT molecular complexity index is 405. The lowest BCUT2D eigenvalue weighted by Gasteiger charge is -2.11. The molecule has 0 saturated carbocycles. The Morgan fingerprint density at radius 3 is 2.78 bits per heavy atom. The zero-order chi connectivity index (χ0) is 13.6. The zero-order valence-corrected chi connectivity index (χ0v) is 9.96. The van der Waals surface area contributed by atoms with Crippen molar-refractivity contribution in [3.05, 3.63) is 29.6 Å². The van der Waals surface area contributed by atoms with Gasteiger partial charge in [-0.3, -0.25) is 9.78 Å². The number of pyridine rings is 1. The molecule has 0 atom stereocenters. The lowest BCUT2D eigenvalue weighted by molar-refractivity contribution is -0.138. The minimum absolute atomic E-state index is 0.0226. The van der Waals surface area contributed by atoms with Gasteiger partial charge in [-0.25, -0.2) is 0 Å². The number of ketones is 1. The number of alkyl halides is 3. The third-order valence-corrected chi connectivity index (χ3v) is 2.32. The monoisotopic (exact) mass is 261 g/mol. The van der Waals surface area contributed by atoms with Crippen molar-refractivity contribution in [3.8, 4) is 0 Å². The van der Waals surface area contributed by atoms with Crippen LogP contribution in [-0.4, -0.2) is 24.0 Å². The summed E-state index contributed by atoms with van der Waals surface area (Å²) in [5, 5.41) is 0. The van der Waals surface area contributed by atoms with Crippen LogP contribution in [0.5, 0.6) is 0 Å². The Morgan fingerprint density at radius 1 is 1.44 bits per heavy atom. The third-order valence-electron chi connectivity index (χ3n) is 2.32. The van der Waals surface area contributed by atoms with Crippen molar-refractivity contribution in [2.24, 2.45) is 0 Å². The van der Waals surface area contributed by atoms with Crippen molar-refractivity contribution < 1.29 is 22.7 Å². The zero-order valence-electron chi connectivity index (χ0n) is 9.96. The van der Waals surface area contributed by atoms with Gasteiger partial charge in [0.05, 0.1) is 5.56 Å². The maximum absolute atomic E-state index is 12.6. The standard InChI is InChI=1S/C12H14F3NO2/c1-2-18-7-3-4-11(17)9-8-16-6-5-10(9)12(13,14)15/h5-6,8H,2-4,7H2,1H3.